The second kappa shape index (κ2) is 6.82. The van der Waals surface area contributed by atoms with Gasteiger partial charge in [-0.1, -0.05) is 6.92 Å². The molecule has 0 bridgehead atoms. The summed E-state index contributed by atoms with van der Waals surface area (Å²) in [5.41, 5.74) is -0.569. The molecule has 8 nitrogen and oxygen atoms in total. The molecule has 1 fully saturated rings. The molecular weight excluding hydrogens is 310 g/mol. The Morgan fingerprint density at radius 1 is 1.50 bits per heavy atom. The third-order valence-corrected chi connectivity index (χ3v) is 4.41. The summed E-state index contributed by atoms with van der Waals surface area (Å²) in [6, 6.07) is 0. The fourth-order valence-electron chi connectivity index (χ4n) is 2.14. The van der Waals surface area contributed by atoms with Gasteiger partial charge in [0, 0.05) is 26.1 Å². The Kier molecular flexibility index (Phi) is 5.80. The molecule has 2 atom stereocenters. The van der Waals surface area contributed by atoms with Crippen LogP contribution in [0, 0.1) is 5.92 Å². The maximum atomic E-state index is 11.8. The molecule has 0 aromatic heterocycles. The first kappa shape index (κ1) is 18.7. The normalized spacial score (nSPS) is 20.9. The summed E-state index contributed by atoms with van der Waals surface area (Å²) in [6.07, 6.45) is -0.597. The van der Waals surface area contributed by atoms with Gasteiger partial charge in [-0.2, -0.15) is 0 Å². The molecule has 22 heavy (non-hydrogen) atoms. The fraction of sp³-hybridized carbons (Fsp3) is 0.846. The largest absolute Gasteiger partial charge is 0.444 e. The summed E-state index contributed by atoms with van der Waals surface area (Å²) in [4.78, 5) is 24.8. The van der Waals surface area contributed by atoms with Crippen molar-refractivity contribution in [1.82, 2.24) is 10.2 Å². The van der Waals surface area contributed by atoms with Gasteiger partial charge in [-0.15, -0.1) is 0 Å². The Labute approximate surface area is 131 Å². The molecule has 1 saturated heterocycles. The van der Waals surface area contributed by atoms with Gasteiger partial charge in [-0.3, -0.25) is 4.79 Å². The molecule has 1 aliphatic rings. The SMILES string of the molecule is CC(CNC(=O)OC(C)(C)C)CN1CC(S(N)(=O)=O)CC1=O. The highest BCUT2D eigenvalue weighted by molar-refractivity contribution is 7.89. The monoisotopic (exact) mass is 335 g/mol. The summed E-state index contributed by atoms with van der Waals surface area (Å²) in [7, 11) is -3.70. The summed E-state index contributed by atoms with van der Waals surface area (Å²) in [5.74, 6) is -0.265. The van der Waals surface area contributed by atoms with Crippen LogP contribution in [0.25, 0.3) is 0 Å². The fourth-order valence-corrected chi connectivity index (χ4v) is 2.91. The van der Waals surface area contributed by atoms with Crippen molar-refractivity contribution < 1.29 is 22.7 Å². The molecule has 2 unspecified atom stereocenters. The third-order valence-electron chi connectivity index (χ3n) is 3.17. The minimum absolute atomic E-state index is 0.0318. The minimum atomic E-state index is -3.70. The van der Waals surface area contributed by atoms with E-state index < -0.39 is 27.0 Å². The van der Waals surface area contributed by atoms with E-state index in [4.69, 9.17) is 9.88 Å². The second-order valence-electron chi connectivity index (χ2n) is 6.70. The van der Waals surface area contributed by atoms with E-state index in [1.54, 1.807) is 20.8 Å². The van der Waals surface area contributed by atoms with Crippen LogP contribution >= 0.6 is 0 Å². The molecule has 0 aromatic carbocycles. The van der Waals surface area contributed by atoms with E-state index >= 15 is 0 Å². The number of rotatable bonds is 5. The maximum Gasteiger partial charge on any atom is 0.407 e. The van der Waals surface area contributed by atoms with E-state index in [-0.39, 0.29) is 24.8 Å². The van der Waals surface area contributed by atoms with Crippen LogP contribution in [0.2, 0.25) is 0 Å². The first-order valence-electron chi connectivity index (χ1n) is 7.14. The molecule has 0 aromatic rings. The number of nitrogens with one attached hydrogen (secondary N) is 1. The van der Waals surface area contributed by atoms with Crippen LogP contribution in [-0.4, -0.2) is 55.8 Å². The molecule has 0 spiro atoms. The average Bonchev–Trinajstić information content (AvgIpc) is 2.66. The first-order valence-corrected chi connectivity index (χ1v) is 8.75. The van der Waals surface area contributed by atoms with Gasteiger partial charge in [-0.05, 0) is 26.7 Å². The zero-order valence-electron chi connectivity index (χ0n) is 13.5. The summed E-state index contributed by atoms with van der Waals surface area (Å²) in [5, 5.41) is 6.86. The van der Waals surface area contributed by atoms with Gasteiger partial charge >= 0.3 is 6.09 Å². The van der Waals surface area contributed by atoms with Crippen molar-refractivity contribution in [2.75, 3.05) is 19.6 Å². The topological polar surface area (TPSA) is 119 Å². The van der Waals surface area contributed by atoms with Gasteiger partial charge in [0.15, 0.2) is 0 Å². The number of nitrogens with zero attached hydrogens (tertiary/aromatic N) is 1. The number of carbonyl (C=O) groups is 2. The van der Waals surface area contributed by atoms with E-state index in [9.17, 15) is 18.0 Å². The number of sulfonamides is 1. The van der Waals surface area contributed by atoms with Gasteiger partial charge in [0.1, 0.15) is 10.9 Å². The number of amides is 2. The number of hydrogen-bond acceptors (Lipinski definition) is 5. The van der Waals surface area contributed by atoms with Crippen LogP contribution in [0.5, 0.6) is 0 Å². The third kappa shape index (κ3) is 6.18. The Hall–Kier alpha value is -1.35. The Morgan fingerprint density at radius 2 is 2.09 bits per heavy atom. The van der Waals surface area contributed by atoms with Crippen molar-refractivity contribution in [2.45, 2.75) is 45.0 Å². The molecule has 1 rings (SSSR count). The molecule has 0 saturated carbocycles. The van der Waals surface area contributed by atoms with Crippen LogP contribution in [0.4, 0.5) is 4.79 Å². The lowest BCUT2D eigenvalue weighted by Crippen LogP contribution is -2.39. The van der Waals surface area contributed by atoms with Gasteiger partial charge in [-0.25, -0.2) is 18.4 Å². The van der Waals surface area contributed by atoms with Crippen LogP contribution in [-0.2, 0) is 19.6 Å². The molecule has 1 aliphatic heterocycles. The summed E-state index contributed by atoms with van der Waals surface area (Å²) in [6.45, 7) is 7.97. The van der Waals surface area contributed by atoms with Crippen LogP contribution in [0.15, 0.2) is 0 Å². The van der Waals surface area contributed by atoms with Crippen LogP contribution in [0.3, 0.4) is 0 Å². The lowest BCUT2D eigenvalue weighted by molar-refractivity contribution is -0.128. The lowest BCUT2D eigenvalue weighted by Gasteiger charge is -2.23. The molecule has 1 heterocycles. The highest BCUT2D eigenvalue weighted by Crippen LogP contribution is 2.17. The van der Waals surface area contributed by atoms with Gasteiger partial charge in [0.2, 0.25) is 15.9 Å². The highest BCUT2D eigenvalue weighted by atomic mass is 32.2. The zero-order chi connectivity index (χ0) is 17.1. The quantitative estimate of drug-likeness (QED) is 0.735. The van der Waals surface area contributed by atoms with E-state index in [1.807, 2.05) is 6.92 Å². The van der Waals surface area contributed by atoms with Gasteiger partial charge in [0.25, 0.3) is 0 Å². The first-order chi connectivity index (χ1) is 9.88. The number of nitrogens with two attached hydrogens (primary N) is 1. The Bertz CT molecular complexity index is 526. The highest BCUT2D eigenvalue weighted by Gasteiger charge is 2.36. The second-order valence-corrected chi connectivity index (χ2v) is 8.55. The number of ether oxygens (including phenoxy) is 1. The van der Waals surface area contributed by atoms with Crippen molar-refractivity contribution in [1.29, 1.82) is 0 Å². The molecular formula is C13H25N3O5S. The van der Waals surface area contributed by atoms with Crippen molar-refractivity contribution in [3.8, 4) is 0 Å². The number of primary sulfonamides is 1. The standard InChI is InChI=1S/C13H25N3O5S/c1-9(6-15-12(18)21-13(2,3)4)7-16-8-10(5-11(16)17)22(14,19)20/h9-10H,5-8H2,1-4H3,(H,15,18)(H2,14,19,20). The van der Waals surface area contributed by atoms with E-state index in [1.165, 1.54) is 4.90 Å². The summed E-state index contributed by atoms with van der Waals surface area (Å²) < 4.78 is 27.7. The molecule has 9 heteroatoms. The van der Waals surface area contributed by atoms with E-state index in [0.29, 0.717) is 13.1 Å². The van der Waals surface area contributed by atoms with Gasteiger partial charge < -0.3 is 15.0 Å². The lowest BCUT2D eigenvalue weighted by atomic mass is 10.1. The molecule has 2 amide bonds. The van der Waals surface area contributed by atoms with Gasteiger partial charge in [0.05, 0.1) is 0 Å². The van der Waals surface area contributed by atoms with Crippen molar-refractivity contribution in [2.24, 2.45) is 11.1 Å². The summed E-state index contributed by atoms with van der Waals surface area (Å²) >= 11 is 0. The minimum Gasteiger partial charge on any atom is -0.444 e. The Balaban J connectivity index is 2.41. The van der Waals surface area contributed by atoms with Crippen LogP contribution in [0.1, 0.15) is 34.1 Å². The smallest absolute Gasteiger partial charge is 0.407 e. The average molecular weight is 335 g/mol. The van der Waals surface area contributed by atoms with Crippen LogP contribution < -0.4 is 10.5 Å². The number of hydrogen-bond donors (Lipinski definition) is 2. The predicted octanol–water partition coefficient (Wildman–Crippen LogP) is 0.0366. The Morgan fingerprint density at radius 3 is 2.55 bits per heavy atom. The van der Waals surface area contributed by atoms with Crippen molar-refractivity contribution >= 4 is 22.0 Å². The number of alkyl carbamates (subject to hydrolysis) is 1. The predicted molar refractivity (Wildman–Crippen MR) is 81.5 cm³/mol. The van der Waals surface area contributed by atoms with Crippen molar-refractivity contribution in [3.63, 3.8) is 0 Å². The number of likely N-dealkylation sites (tertiary alicyclic amines) is 1. The van der Waals surface area contributed by atoms with Crippen molar-refractivity contribution in [3.05, 3.63) is 0 Å². The molecule has 0 aliphatic carbocycles. The van der Waals surface area contributed by atoms with E-state index in [0.717, 1.165) is 0 Å². The maximum absolute atomic E-state index is 11.8. The molecule has 128 valence electrons. The molecule has 3 N–H and O–H groups in total. The zero-order valence-corrected chi connectivity index (χ0v) is 14.3. The van der Waals surface area contributed by atoms with E-state index in [2.05, 4.69) is 5.32 Å². The molecule has 0 radical (unpaired) electrons. The number of carbonyl (C=O) groups excluding carboxylic acids is 2.